The van der Waals surface area contributed by atoms with Crippen LogP contribution in [-0.2, 0) is 5.41 Å². The molecule has 3 N–H and O–H groups in total. The molecule has 0 aliphatic rings. The van der Waals surface area contributed by atoms with Crippen LogP contribution in [0.3, 0.4) is 0 Å². The van der Waals surface area contributed by atoms with E-state index in [1.165, 1.54) is 5.56 Å². The first-order chi connectivity index (χ1) is 9.92. The van der Waals surface area contributed by atoms with Gasteiger partial charge in [-0.15, -0.1) is 0 Å². The number of carbonyl (C=O) groups is 1. The Kier molecular flexibility index (Phi) is 4.32. The Balaban J connectivity index is 2.09. The van der Waals surface area contributed by atoms with E-state index in [1.54, 1.807) is 18.2 Å². The summed E-state index contributed by atoms with van der Waals surface area (Å²) < 4.78 is 0. The zero-order valence-electron chi connectivity index (χ0n) is 12.8. The lowest BCUT2D eigenvalue weighted by molar-refractivity contribution is 0.0945. The molecule has 0 saturated carbocycles. The molecule has 110 valence electrons. The Labute approximate surface area is 126 Å². The standard InChI is InChI=1S/C18H22N2O/c1-13-15(10-7-11-16(13)19)17(21)20-12-18(2,3)14-8-5-4-6-9-14/h4-11H,12,19H2,1-3H3,(H,20,21). The topological polar surface area (TPSA) is 55.1 Å². The second kappa shape index (κ2) is 6.00. The van der Waals surface area contributed by atoms with Gasteiger partial charge in [0, 0.05) is 23.2 Å². The normalized spacial score (nSPS) is 11.2. The van der Waals surface area contributed by atoms with Crippen LogP contribution < -0.4 is 11.1 Å². The van der Waals surface area contributed by atoms with Crippen LogP contribution in [0.1, 0.15) is 35.3 Å². The third kappa shape index (κ3) is 3.43. The summed E-state index contributed by atoms with van der Waals surface area (Å²) in [6.07, 6.45) is 0. The highest BCUT2D eigenvalue weighted by Gasteiger charge is 2.21. The Morgan fingerprint density at radius 2 is 1.76 bits per heavy atom. The van der Waals surface area contributed by atoms with Gasteiger partial charge in [-0.1, -0.05) is 50.2 Å². The van der Waals surface area contributed by atoms with Gasteiger partial charge in [-0.3, -0.25) is 4.79 Å². The first kappa shape index (κ1) is 15.1. The van der Waals surface area contributed by atoms with Gasteiger partial charge in [0.15, 0.2) is 0 Å². The van der Waals surface area contributed by atoms with Crippen LogP contribution in [0.15, 0.2) is 48.5 Å². The van der Waals surface area contributed by atoms with Crippen molar-refractivity contribution in [3.63, 3.8) is 0 Å². The van der Waals surface area contributed by atoms with E-state index in [2.05, 4.69) is 31.3 Å². The highest BCUT2D eigenvalue weighted by molar-refractivity contribution is 5.96. The molecule has 0 spiro atoms. The molecule has 0 aromatic heterocycles. The minimum atomic E-state index is -0.120. The fourth-order valence-electron chi connectivity index (χ4n) is 2.29. The van der Waals surface area contributed by atoms with E-state index in [0.717, 1.165) is 5.56 Å². The minimum absolute atomic E-state index is 0.0798. The molecule has 3 nitrogen and oxygen atoms in total. The van der Waals surface area contributed by atoms with Crippen molar-refractivity contribution >= 4 is 11.6 Å². The van der Waals surface area contributed by atoms with Crippen molar-refractivity contribution in [2.24, 2.45) is 0 Å². The summed E-state index contributed by atoms with van der Waals surface area (Å²) in [5.41, 5.74) is 9.04. The number of anilines is 1. The summed E-state index contributed by atoms with van der Waals surface area (Å²) in [6, 6.07) is 15.6. The second-order valence-electron chi connectivity index (χ2n) is 5.95. The summed E-state index contributed by atoms with van der Waals surface area (Å²) in [5.74, 6) is -0.0798. The summed E-state index contributed by atoms with van der Waals surface area (Å²) in [5, 5.41) is 3.01. The fourth-order valence-corrected chi connectivity index (χ4v) is 2.29. The molecule has 0 aliphatic heterocycles. The highest BCUT2D eigenvalue weighted by atomic mass is 16.1. The Bertz CT molecular complexity index is 633. The molecule has 2 rings (SSSR count). The van der Waals surface area contributed by atoms with E-state index in [-0.39, 0.29) is 11.3 Å². The predicted octanol–water partition coefficient (Wildman–Crippen LogP) is 3.28. The number of carbonyl (C=O) groups excluding carboxylic acids is 1. The zero-order chi connectivity index (χ0) is 15.5. The van der Waals surface area contributed by atoms with Gasteiger partial charge in [-0.2, -0.15) is 0 Å². The SMILES string of the molecule is Cc1c(N)cccc1C(=O)NCC(C)(C)c1ccccc1. The molecule has 2 aromatic rings. The molecule has 21 heavy (non-hydrogen) atoms. The van der Waals surface area contributed by atoms with Crippen molar-refractivity contribution in [3.05, 3.63) is 65.2 Å². The number of hydrogen-bond acceptors (Lipinski definition) is 2. The van der Waals surface area contributed by atoms with Crippen LogP contribution in [0, 0.1) is 6.92 Å². The number of benzene rings is 2. The Morgan fingerprint density at radius 3 is 2.43 bits per heavy atom. The largest absolute Gasteiger partial charge is 0.398 e. The first-order valence-electron chi connectivity index (χ1n) is 7.10. The summed E-state index contributed by atoms with van der Waals surface area (Å²) in [6.45, 7) is 6.68. The predicted molar refractivity (Wildman–Crippen MR) is 87.4 cm³/mol. The molecule has 0 unspecified atom stereocenters. The number of amides is 1. The summed E-state index contributed by atoms with van der Waals surface area (Å²) in [7, 11) is 0. The molecule has 0 fully saturated rings. The van der Waals surface area contributed by atoms with Gasteiger partial charge in [0.05, 0.1) is 0 Å². The Morgan fingerprint density at radius 1 is 1.10 bits per heavy atom. The quantitative estimate of drug-likeness (QED) is 0.845. The highest BCUT2D eigenvalue weighted by Crippen LogP contribution is 2.22. The van der Waals surface area contributed by atoms with E-state index in [9.17, 15) is 4.79 Å². The molecule has 0 bridgehead atoms. The van der Waals surface area contributed by atoms with Crippen molar-refractivity contribution in [1.82, 2.24) is 5.32 Å². The second-order valence-corrected chi connectivity index (χ2v) is 5.95. The maximum absolute atomic E-state index is 12.3. The average Bonchev–Trinajstić information content (AvgIpc) is 2.49. The average molecular weight is 282 g/mol. The van der Waals surface area contributed by atoms with Crippen LogP contribution in [0.2, 0.25) is 0 Å². The maximum atomic E-state index is 12.3. The molecule has 0 atom stereocenters. The number of rotatable bonds is 4. The Hall–Kier alpha value is -2.29. The van der Waals surface area contributed by atoms with Gasteiger partial charge in [0.2, 0.25) is 0 Å². The van der Waals surface area contributed by atoms with Crippen LogP contribution in [-0.4, -0.2) is 12.5 Å². The zero-order valence-corrected chi connectivity index (χ0v) is 12.8. The van der Waals surface area contributed by atoms with E-state index >= 15 is 0 Å². The van der Waals surface area contributed by atoms with Gasteiger partial charge in [-0.05, 0) is 30.2 Å². The van der Waals surface area contributed by atoms with Crippen LogP contribution in [0.5, 0.6) is 0 Å². The minimum Gasteiger partial charge on any atom is -0.398 e. The van der Waals surface area contributed by atoms with Gasteiger partial charge in [0.1, 0.15) is 0 Å². The first-order valence-corrected chi connectivity index (χ1v) is 7.10. The number of nitrogens with one attached hydrogen (secondary N) is 1. The summed E-state index contributed by atoms with van der Waals surface area (Å²) >= 11 is 0. The molecule has 3 heteroatoms. The fraction of sp³-hybridized carbons (Fsp3) is 0.278. The van der Waals surface area contributed by atoms with Crippen LogP contribution >= 0.6 is 0 Å². The monoisotopic (exact) mass is 282 g/mol. The van der Waals surface area contributed by atoms with Gasteiger partial charge in [0.25, 0.3) is 5.91 Å². The van der Waals surface area contributed by atoms with Crippen LogP contribution in [0.25, 0.3) is 0 Å². The molecule has 2 aromatic carbocycles. The molecule has 0 radical (unpaired) electrons. The van der Waals surface area contributed by atoms with Crippen LogP contribution in [0.4, 0.5) is 5.69 Å². The number of nitrogens with two attached hydrogens (primary N) is 1. The third-order valence-electron chi connectivity index (χ3n) is 3.87. The molecule has 0 aliphatic carbocycles. The van der Waals surface area contributed by atoms with Crippen molar-refractivity contribution in [2.75, 3.05) is 12.3 Å². The lowest BCUT2D eigenvalue weighted by Crippen LogP contribution is -2.37. The number of hydrogen-bond donors (Lipinski definition) is 2. The molecular formula is C18H22N2O. The van der Waals surface area contributed by atoms with E-state index < -0.39 is 0 Å². The molecule has 0 saturated heterocycles. The van der Waals surface area contributed by atoms with Crippen molar-refractivity contribution in [1.29, 1.82) is 0 Å². The van der Waals surface area contributed by atoms with Crippen molar-refractivity contribution in [2.45, 2.75) is 26.2 Å². The molecular weight excluding hydrogens is 260 g/mol. The van der Waals surface area contributed by atoms with Gasteiger partial charge < -0.3 is 11.1 Å². The van der Waals surface area contributed by atoms with E-state index in [0.29, 0.717) is 17.8 Å². The maximum Gasteiger partial charge on any atom is 0.251 e. The lowest BCUT2D eigenvalue weighted by atomic mass is 9.84. The van der Waals surface area contributed by atoms with Crippen molar-refractivity contribution < 1.29 is 4.79 Å². The summed E-state index contributed by atoms with van der Waals surface area (Å²) in [4.78, 5) is 12.3. The van der Waals surface area contributed by atoms with E-state index in [4.69, 9.17) is 5.73 Å². The lowest BCUT2D eigenvalue weighted by Gasteiger charge is -2.25. The van der Waals surface area contributed by atoms with E-state index in [1.807, 2.05) is 25.1 Å². The smallest absolute Gasteiger partial charge is 0.251 e. The number of nitrogen functional groups attached to an aromatic ring is 1. The van der Waals surface area contributed by atoms with Gasteiger partial charge >= 0.3 is 0 Å². The molecule has 0 heterocycles. The third-order valence-corrected chi connectivity index (χ3v) is 3.87. The molecule has 1 amide bonds. The van der Waals surface area contributed by atoms with Gasteiger partial charge in [-0.25, -0.2) is 0 Å². The van der Waals surface area contributed by atoms with Crippen molar-refractivity contribution in [3.8, 4) is 0 Å².